The third kappa shape index (κ3) is 4.29. The number of hydrogen-bond donors (Lipinski definition) is 0. The summed E-state index contributed by atoms with van der Waals surface area (Å²) in [6.07, 6.45) is 0.424. The Morgan fingerprint density at radius 1 is 1.46 bits per heavy atom. The average Bonchev–Trinajstić information content (AvgIpc) is 2.93. The van der Waals surface area contributed by atoms with E-state index in [1.165, 1.54) is 12.1 Å². The first kappa shape index (κ1) is 18.3. The number of nitro benzene ring substituents is 1. The van der Waals surface area contributed by atoms with Crippen molar-refractivity contribution in [3.05, 3.63) is 33.3 Å². The summed E-state index contributed by atoms with van der Waals surface area (Å²) in [5.41, 5.74) is 0.165. The third-order valence-electron chi connectivity index (χ3n) is 3.88. The van der Waals surface area contributed by atoms with Crippen LogP contribution in [0.5, 0.6) is 0 Å². The summed E-state index contributed by atoms with van der Waals surface area (Å²) in [6, 6.07) is 4.44. The molecule has 1 amide bonds. The number of non-ortho nitro benzene ring substituents is 1. The quantitative estimate of drug-likeness (QED) is 0.610. The molecule has 0 bridgehead atoms. The molecular weight excluding hydrogens is 334 g/mol. The molecule has 24 heavy (non-hydrogen) atoms. The molecule has 8 heteroatoms. The second-order valence-electron chi connectivity index (χ2n) is 6.87. The van der Waals surface area contributed by atoms with E-state index in [-0.39, 0.29) is 17.8 Å². The smallest absolute Gasteiger partial charge is 0.410 e. The molecule has 1 aliphatic rings. The van der Waals surface area contributed by atoms with Crippen molar-refractivity contribution in [2.75, 3.05) is 25.0 Å². The largest absolute Gasteiger partial charge is 0.444 e. The minimum atomic E-state index is -0.536. The SMILES string of the molecule is CN(C(=O)OC(C)(C)C)[C@@H]1CCN(c2ccc([N+](=O)[O-])cc2Cl)C1. The third-order valence-corrected chi connectivity index (χ3v) is 4.18. The lowest BCUT2D eigenvalue weighted by Crippen LogP contribution is -2.42. The Morgan fingerprint density at radius 3 is 2.67 bits per heavy atom. The molecule has 0 N–H and O–H groups in total. The number of hydrogen-bond acceptors (Lipinski definition) is 5. The van der Waals surface area contributed by atoms with Gasteiger partial charge >= 0.3 is 6.09 Å². The number of likely N-dealkylation sites (N-methyl/N-ethyl adjacent to an activating group) is 1. The van der Waals surface area contributed by atoms with Crippen molar-refractivity contribution in [2.45, 2.75) is 38.8 Å². The molecule has 0 spiro atoms. The first-order valence-electron chi connectivity index (χ1n) is 7.73. The summed E-state index contributed by atoms with van der Waals surface area (Å²) in [7, 11) is 1.72. The van der Waals surface area contributed by atoms with Gasteiger partial charge < -0.3 is 14.5 Å². The molecule has 2 rings (SSSR count). The Balaban J connectivity index is 2.05. The molecule has 1 saturated heterocycles. The second-order valence-corrected chi connectivity index (χ2v) is 7.28. The van der Waals surface area contributed by atoms with E-state index in [4.69, 9.17) is 16.3 Å². The maximum atomic E-state index is 12.2. The Morgan fingerprint density at radius 2 is 2.12 bits per heavy atom. The molecule has 1 atom stereocenters. The van der Waals surface area contributed by atoms with Crippen molar-refractivity contribution < 1.29 is 14.5 Å². The minimum Gasteiger partial charge on any atom is -0.444 e. The first-order chi connectivity index (χ1) is 11.1. The van der Waals surface area contributed by atoms with E-state index in [2.05, 4.69) is 0 Å². The number of ether oxygens (including phenoxy) is 1. The Hall–Kier alpha value is -2.02. The highest BCUT2D eigenvalue weighted by Gasteiger charge is 2.32. The van der Waals surface area contributed by atoms with E-state index < -0.39 is 10.5 Å². The monoisotopic (exact) mass is 355 g/mol. The normalized spacial score (nSPS) is 17.7. The van der Waals surface area contributed by atoms with Crippen LogP contribution in [0, 0.1) is 10.1 Å². The van der Waals surface area contributed by atoms with Gasteiger partial charge in [-0.3, -0.25) is 10.1 Å². The average molecular weight is 356 g/mol. The van der Waals surface area contributed by atoms with Crippen LogP contribution in [-0.4, -0.2) is 47.7 Å². The zero-order valence-electron chi connectivity index (χ0n) is 14.3. The van der Waals surface area contributed by atoms with Gasteiger partial charge in [0.25, 0.3) is 5.69 Å². The standard InChI is InChI=1S/C16H22ClN3O4/c1-16(2,3)24-15(21)18(4)12-7-8-19(10-12)14-6-5-11(20(22)23)9-13(14)17/h5-6,9,12H,7-8,10H2,1-4H3/t12-/m1/s1. The molecule has 1 aromatic carbocycles. The summed E-state index contributed by atoms with van der Waals surface area (Å²) in [5, 5.41) is 11.1. The second kappa shape index (κ2) is 6.84. The molecular formula is C16H22ClN3O4. The molecule has 0 unspecified atom stereocenters. The molecule has 1 heterocycles. The summed E-state index contributed by atoms with van der Waals surface area (Å²) in [6.45, 7) is 6.81. The van der Waals surface area contributed by atoms with Gasteiger partial charge in [0.1, 0.15) is 5.60 Å². The van der Waals surface area contributed by atoms with Gasteiger partial charge in [0.15, 0.2) is 0 Å². The van der Waals surface area contributed by atoms with Crippen molar-refractivity contribution in [3.8, 4) is 0 Å². The summed E-state index contributed by atoms with van der Waals surface area (Å²) in [4.78, 5) is 26.1. The highest BCUT2D eigenvalue weighted by Crippen LogP contribution is 2.32. The molecule has 0 radical (unpaired) electrons. The molecule has 0 aromatic heterocycles. The van der Waals surface area contributed by atoms with E-state index in [1.807, 2.05) is 25.7 Å². The highest BCUT2D eigenvalue weighted by atomic mass is 35.5. The number of halogens is 1. The zero-order chi connectivity index (χ0) is 18.1. The van der Waals surface area contributed by atoms with E-state index >= 15 is 0 Å². The number of amides is 1. The van der Waals surface area contributed by atoms with E-state index in [0.29, 0.717) is 11.6 Å². The zero-order valence-corrected chi connectivity index (χ0v) is 15.0. The summed E-state index contributed by atoms with van der Waals surface area (Å²) >= 11 is 6.18. The van der Waals surface area contributed by atoms with Crippen LogP contribution < -0.4 is 4.90 Å². The van der Waals surface area contributed by atoms with Gasteiger partial charge in [-0.05, 0) is 33.3 Å². The fourth-order valence-electron chi connectivity index (χ4n) is 2.63. The molecule has 1 aromatic rings. The van der Waals surface area contributed by atoms with Gasteiger partial charge in [0.05, 0.1) is 21.7 Å². The summed E-state index contributed by atoms with van der Waals surface area (Å²) < 4.78 is 5.39. The Labute approximate surface area is 146 Å². The van der Waals surface area contributed by atoms with Crippen LogP contribution in [0.3, 0.4) is 0 Å². The van der Waals surface area contributed by atoms with Gasteiger partial charge in [-0.2, -0.15) is 0 Å². The van der Waals surface area contributed by atoms with Crippen LogP contribution in [0.15, 0.2) is 18.2 Å². The molecule has 0 saturated carbocycles. The molecule has 1 aliphatic heterocycles. The maximum absolute atomic E-state index is 12.2. The van der Waals surface area contributed by atoms with E-state index in [0.717, 1.165) is 18.7 Å². The fourth-order valence-corrected chi connectivity index (χ4v) is 2.92. The van der Waals surface area contributed by atoms with Crippen LogP contribution in [0.4, 0.5) is 16.2 Å². The van der Waals surface area contributed by atoms with Crippen molar-refractivity contribution in [3.63, 3.8) is 0 Å². The number of benzene rings is 1. The predicted molar refractivity (Wildman–Crippen MR) is 92.7 cm³/mol. The molecule has 0 aliphatic carbocycles. The van der Waals surface area contributed by atoms with Crippen molar-refractivity contribution in [2.24, 2.45) is 0 Å². The van der Waals surface area contributed by atoms with Gasteiger partial charge in [-0.15, -0.1) is 0 Å². The van der Waals surface area contributed by atoms with Crippen molar-refractivity contribution in [1.82, 2.24) is 4.90 Å². The highest BCUT2D eigenvalue weighted by molar-refractivity contribution is 6.33. The molecule has 7 nitrogen and oxygen atoms in total. The van der Waals surface area contributed by atoms with Crippen molar-refractivity contribution in [1.29, 1.82) is 0 Å². The maximum Gasteiger partial charge on any atom is 0.410 e. The number of carbonyl (C=O) groups excluding carboxylic acids is 1. The first-order valence-corrected chi connectivity index (χ1v) is 8.11. The number of nitro groups is 1. The van der Waals surface area contributed by atoms with Crippen LogP contribution in [0.2, 0.25) is 5.02 Å². The minimum absolute atomic E-state index is 0.00566. The number of nitrogens with zero attached hydrogens (tertiary/aromatic N) is 3. The molecule has 1 fully saturated rings. The Kier molecular flexibility index (Phi) is 5.22. The summed E-state index contributed by atoms with van der Waals surface area (Å²) in [5.74, 6) is 0. The van der Waals surface area contributed by atoms with Gasteiger partial charge in [-0.25, -0.2) is 4.79 Å². The van der Waals surface area contributed by atoms with Crippen molar-refractivity contribution >= 4 is 29.1 Å². The van der Waals surface area contributed by atoms with Crippen LogP contribution in [0.25, 0.3) is 0 Å². The van der Waals surface area contributed by atoms with Crippen LogP contribution in [0.1, 0.15) is 27.2 Å². The predicted octanol–water partition coefficient (Wildman–Crippen LogP) is 3.69. The molecule has 132 valence electrons. The van der Waals surface area contributed by atoms with Gasteiger partial charge in [-0.1, -0.05) is 11.6 Å². The topological polar surface area (TPSA) is 75.9 Å². The van der Waals surface area contributed by atoms with Crippen LogP contribution >= 0.6 is 11.6 Å². The lowest BCUT2D eigenvalue weighted by molar-refractivity contribution is -0.384. The number of rotatable bonds is 3. The Bertz CT molecular complexity index is 645. The van der Waals surface area contributed by atoms with Gasteiger partial charge in [0, 0.05) is 32.3 Å². The fraction of sp³-hybridized carbons (Fsp3) is 0.562. The number of carbonyl (C=O) groups is 1. The van der Waals surface area contributed by atoms with Gasteiger partial charge in [0.2, 0.25) is 0 Å². The number of anilines is 1. The lowest BCUT2D eigenvalue weighted by Gasteiger charge is -2.29. The lowest BCUT2D eigenvalue weighted by atomic mass is 10.2. The van der Waals surface area contributed by atoms with E-state index in [1.54, 1.807) is 18.0 Å². The van der Waals surface area contributed by atoms with E-state index in [9.17, 15) is 14.9 Å². The van der Waals surface area contributed by atoms with Crippen LogP contribution in [-0.2, 0) is 4.74 Å².